The highest BCUT2D eigenvalue weighted by molar-refractivity contribution is 5.69. The maximum absolute atomic E-state index is 11.7. The molecule has 5 nitrogen and oxygen atoms in total. The second kappa shape index (κ2) is 23.8. The van der Waals surface area contributed by atoms with Gasteiger partial charge in [0.05, 0.1) is 12.7 Å². The van der Waals surface area contributed by atoms with Gasteiger partial charge in [-0.05, 0) is 44.6 Å². The molecule has 34 heavy (non-hydrogen) atoms. The highest BCUT2D eigenvalue weighted by atomic mass is 16.5. The van der Waals surface area contributed by atoms with E-state index in [0.29, 0.717) is 32.3 Å². The summed E-state index contributed by atoms with van der Waals surface area (Å²) in [6.07, 6.45) is 27.7. The zero-order valence-electron chi connectivity index (χ0n) is 21.1. The van der Waals surface area contributed by atoms with Crippen LogP contribution in [0.3, 0.4) is 0 Å². The first-order valence-corrected chi connectivity index (χ1v) is 12.7. The lowest BCUT2D eigenvalue weighted by Crippen LogP contribution is -2.10. The Kier molecular flexibility index (Phi) is 22.1. The zero-order chi connectivity index (χ0) is 25.3. The van der Waals surface area contributed by atoms with Crippen molar-refractivity contribution in [1.82, 2.24) is 0 Å². The number of esters is 1. The van der Waals surface area contributed by atoms with Crippen molar-refractivity contribution in [3.8, 4) is 0 Å². The predicted molar refractivity (Wildman–Crippen MR) is 142 cm³/mol. The van der Waals surface area contributed by atoms with Crippen molar-refractivity contribution in [2.45, 2.75) is 96.7 Å². The molecule has 0 saturated heterocycles. The third-order valence-corrected chi connectivity index (χ3v) is 4.97. The number of allylic oxidation sites excluding steroid dienone is 9. The lowest BCUT2D eigenvalue weighted by Gasteiger charge is -2.08. The Balaban J connectivity index is 3.95. The number of unbranched alkanes of at least 4 members (excludes halogenated alkanes) is 4. The van der Waals surface area contributed by atoms with Gasteiger partial charge in [-0.15, -0.1) is 0 Å². The number of hydrogen-bond donors (Lipinski definition) is 3. The second-order valence-corrected chi connectivity index (χ2v) is 8.16. The molecule has 0 fully saturated rings. The highest BCUT2D eigenvalue weighted by Crippen LogP contribution is 2.09. The van der Waals surface area contributed by atoms with Gasteiger partial charge in [-0.3, -0.25) is 4.79 Å². The van der Waals surface area contributed by atoms with Gasteiger partial charge < -0.3 is 20.1 Å². The molecule has 0 saturated carbocycles. The summed E-state index contributed by atoms with van der Waals surface area (Å²) in [5, 5.41) is 29.7. The fourth-order valence-corrected chi connectivity index (χ4v) is 2.94. The molecule has 0 aliphatic heterocycles. The van der Waals surface area contributed by atoms with Gasteiger partial charge in [0.1, 0.15) is 11.9 Å². The quantitative estimate of drug-likeness (QED) is 0.0593. The molecule has 0 aliphatic carbocycles. The Hall–Kier alpha value is -2.37. The Morgan fingerprint density at radius 1 is 0.853 bits per heavy atom. The van der Waals surface area contributed by atoms with Crippen LogP contribution in [0.2, 0.25) is 0 Å². The normalized spacial score (nSPS) is 14.9. The number of aliphatic hydroxyl groups is 3. The van der Waals surface area contributed by atoms with E-state index < -0.39 is 12.2 Å². The van der Waals surface area contributed by atoms with Crippen molar-refractivity contribution < 1.29 is 24.9 Å². The largest absolute Gasteiger partial charge is 0.510 e. The molecule has 5 heteroatoms. The minimum atomic E-state index is -0.938. The molecule has 0 aromatic rings. The van der Waals surface area contributed by atoms with Crippen LogP contribution in [0.25, 0.3) is 0 Å². The fourth-order valence-electron chi connectivity index (χ4n) is 2.94. The molecule has 0 heterocycles. The number of rotatable bonds is 20. The van der Waals surface area contributed by atoms with E-state index in [0.717, 1.165) is 19.3 Å². The Labute approximate surface area is 206 Å². The number of aliphatic hydroxyl groups excluding tert-OH is 3. The summed E-state index contributed by atoms with van der Waals surface area (Å²) in [4.78, 5) is 11.7. The van der Waals surface area contributed by atoms with Crippen LogP contribution in [0.5, 0.6) is 0 Å². The molecule has 3 N–H and O–H groups in total. The molecule has 0 aliphatic rings. The van der Waals surface area contributed by atoms with Crippen LogP contribution in [-0.4, -0.2) is 40.1 Å². The van der Waals surface area contributed by atoms with Gasteiger partial charge in [0.15, 0.2) is 0 Å². The van der Waals surface area contributed by atoms with Crippen LogP contribution in [-0.2, 0) is 9.53 Å². The molecule has 0 aromatic carbocycles. The standard InChI is InChI=1S/C29H46O5/c1-3-5-7-14-18-25-34-29(33)24-19-23-28(32)27(31)22-17-13-11-9-8-10-12-16-21-26(30)20-15-6-4-2/h6,8-13,15-16,21,23,26-27,30-32H,3-5,7,14,17-20,22,24-25H2,1-2H3/b9-8+,12-10-,13-11+,15-6-,21-16+,28-23+/t26-,27+/m1/s1. The molecule has 2 atom stereocenters. The van der Waals surface area contributed by atoms with E-state index in [1.165, 1.54) is 25.3 Å². The molecule has 0 bridgehead atoms. The summed E-state index contributed by atoms with van der Waals surface area (Å²) in [6.45, 7) is 4.68. The van der Waals surface area contributed by atoms with Gasteiger partial charge in [-0.25, -0.2) is 0 Å². The zero-order valence-corrected chi connectivity index (χ0v) is 21.1. The summed E-state index contributed by atoms with van der Waals surface area (Å²) in [5.41, 5.74) is 0. The summed E-state index contributed by atoms with van der Waals surface area (Å²) >= 11 is 0. The molecule has 0 spiro atoms. The first kappa shape index (κ1) is 31.6. The van der Waals surface area contributed by atoms with E-state index in [9.17, 15) is 20.1 Å². The van der Waals surface area contributed by atoms with E-state index >= 15 is 0 Å². The van der Waals surface area contributed by atoms with Crippen LogP contribution in [0.1, 0.15) is 84.5 Å². The van der Waals surface area contributed by atoms with Crippen molar-refractivity contribution in [1.29, 1.82) is 0 Å². The average molecular weight is 475 g/mol. The molecule has 192 valence electrons. The second-order valence-electron chi connectivity index (χ2n) is 8.16. The van der Waals surface area contributed by atoms with Crippen LogP contribution < -0.4 is 0 Å². The maximum Gasteiger partial charge on any atom is 0.306 e. The lowest BCUT2D eigenvalue weighted by molar-refractivity contribution is -0.143. The average Bonchev–Trinajstić information content (AvgIpc) is 2.82. The van der Waals surface area contributed by atoms with E-state index in [4.69, 9.17) is 4.74 Å². The van der Waals surface area contributed by atoms with Gasteiger partial charge >= 0.3 is 5.97 Å². The predicted octanol–water partition coefficient (Wildman–Crippen LogP) is 6.81. The fraction of sp³-hybridized carbons (Fsp3) is 0.552. The molecule has 0 rings (SSSR count). The van der Waals surface area contributed by atoms with Crippen molar-refractivity contribution in [3.63, 3.8) is 0 Å². The number of hydrogen-bond acceptors (Lipinski definition) is 5. The lowest BCUT2D eigenvalue weighted by atomic mass is 10.1. The van der Waals surface area contributed by atoms with Crippen LogP contribution in [0, 0.1) is 0 Å². The summed E-state index contributed by atoms with van der Waals surface area (Å²) < 4.78 is 5.18. The first-order valence-electron chi connectivity index (χ1n) is 12.7. The van der Waals surface area contributed by atoms with Crippen molar-refractivity contribution in [2.24, 2.45) is 0 Å². The number of ether oxygens (including phenoxy) is 1. The van der Waals surface area contributed by atoms with E-state index in [-0.39, 0.29) is 18.1 Å². The molecular formula is C29H46O5. The van der Waals surface area contributed by atoms with E-state index in [1.807, 2.05) is 54.7 Å². The summed E-state index contributed by atoms with van der Waals surface area (Å²) in [5.74, 6) is -0.369. The minimum absolute atomic E-state index is 0.0987. The van der Waals surface area contributed by atoms with Crippen LogP contribution >= 0.6 is 0 Å². The van der Waals surface area contributed by atoms with Gasteiger partial charge in [-0.2, -0.15) is 0 Å². The summed E-state index contributed by atoms with van der Waals surface area (Å²) in [7, 11) is 0. The van der Waals surface area contributed by atoms with Crippen molar-refractivity contribution in [3.05, 3.63) is 72.6 Å². The van der Waals surface area contributed by atoms with Gasteiger partial charge in [0, 0.05) is 6.42 Å². The van der Waals surface area contributed by atoms with Gasteiger partial charge in [0.25, 0.3) is 0 Å². The smallest absolute Gasteiger partial charge is 0.306 e. The Morgan fingerprint density at radius 3 is 2.29 bits per heavy atom. The van der Waals surface area contributed by atoms with Gasteiger partial charge in [0.2, 0.25) is 0 Å². The number of carbonyl (C=O) groups is 1. The van der Waals surface area contributed by atoms with Crippen LogP contribution in [0.15, 0.2) is 72.6 Å². The molecule has 0 aromatic heterocycles. The maximum atomic E-state index is 11.7. The third-order valence-electron chi connectivity index (χ3n) is 4.97. The van der Waals surface area contributed by atoms with Crippen LogP contribution in [0.4, 0.5) is 0 Å². The minimum Gasteiger partial charge on any atom is -0.510 e. The summed E-state index contributed by atoms with van der Waals surface area (Å²) in [6, 6.07) is 0. The number of carbonyl (C=O) groups excluding carboxylic acids is 1. The SMILES string of the molecule is CC/C=C\C[C@@H](O)/C=C/C=C\C=C\C=C\CC[C@H](O)/C(O)=C\CCC(=O)OCCCCCCC. The Bertz CT molecular complexity index is 670. The first-order chi connectivity index (χ1) is 16.5. The van der Waals surface area contributed by atoms with Crippen molar-refractivity contribution in [2.75, 3.05) is 6.61 Å². The topological polar surface area (TPSA) is 87.0 Å². The molecular weight excluding hydrogens is 428 g/mol. The van der Waals surface area contributed by atoms with E-state index in [2.05, 4.69) is 13.8 Å². The molecule has 0 amide bonds. The monoisotopic (exact) mass is 474 g/mol. The molecule has 0 radical (unpaired) electrons. The molecule has 0 unspecified atom stereocenters. The van der Waals surface area contributed by atoms with Crippen molar-refractivity contribution >= 4 is 5.97 Å². The third kappa shape index (κ3) is 21.5. The van der Waals surface area contributed by atoms with E-state index in [1.54, 1.807) is 6.08 Å². The Morgan fingerprint density at radius 2 is 1.56 bits per heavy atom. The van der Waals surface area contributed by atoms with Gasteiger partial charge in [-0.1, -0.05) is 100 Å². The highest BCUT2D eigenvalue weighted by Gasteiger charge is 2.08.